The molecule has 1 atom stereocenters. The SMILES string of the molecule is CC(C)C(C)NC(=O)N(CC(=O)O)c1ccc(Cl)cc1. The Morgan fingerprint density at radius 3 is 2.25 bits per heavy atom. The van der Waals surface area contributed by atoms with Crippen LogP contribution >= 0.6 is 11.6 Å². The molecule has 1 rings (SSSR count). The highest BCUT2D eigenvalue weighted by molar-refractivity contribution is 6.30. The molecule has 0 heterocycles. The van der Waals surface area contributed by atoms with Gasteiger partial charge in [-0.2, -0.15) is 0 Å². The summed E-state index contributed by atoms with van der Waals surface area (Å²) in [6.07, 6.45) is 0. The van der Waals surface area contributed by atoms with E-state index in [1.807, 2.05) is 20.8 Å². The Labute approximate surface area is 123 Å². The lowest BCUT2D eigenvalue weighted by Gasteiger charge is -2.25. The van der Waals surface area contributed by atoms with Crippen molar-refractivity contribution in [3.63, 3.8) is 0 Å². The lowest BCUT2D eigenvalue weighted by Crippen LogP contribution is -2.47. The van der Waals surface area contributed by atoms with E-state index in [9.17, 15) is 9.59 Å². The monoisotopic (exact) mass is 298 g/mol. The zero-order valence-corrected chi connectivity index (χ0v) is 12.5. The van der Waals surface area contributed by atoms with Crippen molar-refractivity contribution in [3.05, 3.63) is 29.3 Å². The Hall–Kier alpha value is -1.75. The van der Waals surface area contributed by atoms with Crippen molar-refractivity contribution >= 4 is 29.3 Å². The van der Waals surface area contributed by atoms with Gasteiger partial charge in [0.1, 0.15) is 6.54 Å². The molecule has 1 aromatic carbocycles. The van der Waals surface area contributed by atoms with Gasteiger partial charge in [0.15, 0.2) is 0 Å². The van der Waals surface area contributed by atoms with Crippen molar-refractivity contribution < 1.29 is 14.7 Å². The van der Waals surface area contributed by atoms with E-state index in [0.717, 1.165) is 0 Å². The summed E-state index contributed by atoms with van der Waals surface area (Å²) in [6.45, 7) is 5.44. The molecule has 0 saturated heterocycles. The number of anilines is 1. The molecule has 2 N–H and O–H groups in total. The minimum Gasteiger partial charge on any atom is -0.480 e. The summed E-state index contributed by atoms with van der Waals surface area (Å²) in [5.74, 6) is -0.817. The molecule has 5 nitrogen and oxygen atoms in total. The van der Waals surface area contributed by atoms with Crippen molar-refractivity contribution in [2.45, 2.75) is 26.8 Å². The molecule has 0 radical (unpaired) electrons. The quantitative estimate of drug-likeness (QED) is 0.878. The number of nitrogens with one attached hydrogen (secondary N) is 1. The zero-order chi connectivity index (χ0) is 15.3. The maximum atomic E-state index is 12.2. The van der Waals surface area contributed by atoms with Crippen molar-refractivity contribution in [2.24, 2.45) is 5.92 Å². The van der Waals surface area contributed by atoms with Crippen molar-refractivity contribution in [1.29, 1.82) is 0 Å². The maximum Gasteiger partial charge on any atom is 0.323 e. The van der Waals surface area contributed by atoms with Gasteiger partial charge in [-0.25, -0.2) is 4.79 Å². The number of carbonyl (C=O) groups excluding carboxylic acids is 1. The molecule has 0 aliphatic heterocycles. The molecule has 20 heavy (non-hydrogen) atoms. The molecule has 0 aliphatic carbocycles. The fourth-order valence-corrected chi connectivity index (χ4v) is 1.60. The molecule has 0 fully saturated rings. The molecule has 1 aromatic rings. The standard InChI is InChI=1S/C14H19ClN2O3/c1-9(2)10(3)16-14(20)17(8-13(18)19)12-6-4-11(15)5-7-12/h4-7,9-10H,8H2,1-3H3,(H,16,20)(H,18,19). The second-order valence-corrected chi connectivity index (χ2v) is 5.37. The van der Waals surface area contributed by atoms with Crippen LogP contribution in [-0.2, 0) is 4.79 Å². The normalized spacial score (nSPS) is 12.1. The second kappa shape index (κ2) is 7.14. The number of amides is 2. The van der Waals surface area contributed by atoms with Crippen LogP contribution in [-0.4, -0.2) is 29.7 Å². The molecule has 0 bridgehead atoms. The third kappa shape index (κ3) is 4.74. The first-order chi connectivity index (χ1) is 9.31. The predicted octanol–water partition coefficient (Wildman–Crippen LogP) is 2.99. The first-order valence-corrected chi connectivity index (χ1v) is 6.74. The molecule has 0 aromatic heterocycles. The van der Waals surface area contributed by atoms with Crippen LogP contribution in [0.4, 0.5) is 10.5 Å². The number of rotatable bonds is 5. The Morgan fingerprint density at radius 1 is 1.25 bits per heavy atom. The summed E-state index contributed by atoms with van der Waals surface area (Å²) in [4.78, 5) is 24.3. The Bertz CT molecular complexity index is 474. The Balaban J connectivity index is 2.91. The van der Waals surface area contributed by atoms with Gasteiger partial charge in [-0.3, -0.25) is 9.69 Å². The van der Waals surface area contributed by atoms with Gasteiger partial charge in [-0.1, -0.05) is 25.4 Å². The number of benzene rings is 1. The third-order valence-electron chi connectivity index (χ3n) is 3.03. The van der Waals surface area contributed by atoms with Gasteiger partial charge < -0.3 is 10.4 Å². The highest BCUT2D eigenvalue weighted by atomic mass is 35.5. The van der Waals surface area contributed by atoms with Gasteiger partial charge in [0.05, 0.1) is 0 Å². The number of urea groups is 1. The molecular formula is C14H19ClN2O3. The molecule has 110 valence electrons. The fraction of sp³-hybridized carbons (Fsp3) is 0.429. The predicted molar refractivity (Wildman–Crippen MR) is 79.3 cm³/mol. The molecule has 2 amide bonds. The number of aliphatic carboxylic acids is 1. The second-order valence-electron chi connectivity index (χ2n) is 4.94. The van der Waals surface area contributed by atoms with Gasteiger partial charge >= 0.3 is 12.0 Å². The number of carboxylic acids is 1. The molecule has 0 saturated carbocycles. The van der Waals surface area contributed by atoms with Gasteiger partial charge in [-0.15, -0.1) is 0 Å². The number of carbonyl (C=O) groups is 2. The highest BCUT2D eigenvalue weighted by Gasteiger charge is 2.21. The minimum absolute atomic E-state index is 0.0499. The van der Waals surface area contributed by atoms with Gasteiger partial charge in [0, 0.05) is 16.8 Å². The van der Waals surface area contributed by atoms with Crippen LogP contribution in [0.2, 0.25) is 5.02 Å². The lowest BCUT2D eigenvalue weighted by atomic mass is 10.1. The molecule has 6 heteroatoms. The Morgan fingerprint density at radius 2 is 1.80 bits per heavy atom. The van der Waals surface area contributed by atoms with Crippen LogP contribution in [0.25, 0.3) is 0 Å². The Kier molecular flexibility index (Phi) is 5.82. The number of nitrogens with zero attached hydrogens (tertiary/aromatic N) is 1. The molecule has 0 spiro atoms. The largest absolute Gasteiger partial charge is 0.480 e. The third-order valence-corrected chi connectivity index (χ3v) is 3.28. The zero-order valence-electron chi connectivity index (χ0n) is 11.8. The number of hydrogen-bond donors (Lipinski definition) is 2. The fourth-order valence-electron chi connectivity index (χ4n) is 1.48. The number of halogens is 1. The number of carboxylic acid groups (broad SMARTS) is 1. The van der Waals surface area contributed by atoms with Crippen LogP contribution in [0.1, 0.15) is 20.8 Å². The van der Waals surface area contributed by atoms with Crippen LogP contribution in [0.5, 0.6) is 0 Å². The first-order valence-electron chi connectivity index (χ1n) is 6.36. The van der Waals surface area contributed by atoms with Gasteiger partial charge in [0.25, 0.3) is 0 Å². The molecule has 0 aliphatic rings. The average molecular weight is 299 g/mol. The van der Waals surface area contributed by atoms with Crippen molar-refractivity contribution in [1.82, 2.24) is 5.32 Å². The van der Waals surface area contributed by atoms with E-state index in [2.05, 4.69) is 5.32 Å². The molecular weight excluding hydrogens is 280 g/mol. The van der Waals surface area contributed by atoms with Crippen molar-refractivity contribution in [3.8, 4) is 0 Å². The first kappa shape index (κ1) is 16.3. The highest BCUT2D eigenvalue weighted by Crippen LogP contribution is 2.18. The number of hydrogen-bond acceptors (Lipinski definition) is 2. The summed E-state index contributed by atoms with van der Waals surface area (Å²) in [5.41, 5.74) is 0.491. The summed E-state index contributed by atoms with van der Waals surface area (Å²) in [7, 11) is 0. The van der Waals surface area contributed by atoms with E-state index in [0.29, 0.717) is 10.7 Å². The lowest BCUT2D eigenvalue weighted by molar-refractivity contribution is -0.135. The van der Waals surface area contributed by atoms with Crippen LogP contribution in [0.15, 0.2) is 24.3 Å². The maximum absolute atomic E-state index is 12.2. The van der Waals surface area contributed by atoms with Crippen LogP contribution < -0.4 is 10.2 Å². The van der Waals surface area contributed by atoms with Crippen LogP contribution in [0, 0.1) is 5.92 Å². The van der Waals surface area contributed by atoms with E-state index < -0.39 is 18.5 Å². The van der Waals surface area contributed by atoms with E-state index in [-0.39, 0.29) is 12.0 Å². The topological polar surface area (TPSA) is 69.6 Å². The van der Waals surface area contributed by atoms with Gasteiger partial charge in [0.2, 0.25) is 0 Å². The van der Waals surface area contributed by atoms with E-state index in [4.69, 9.17) is 16.7 Å². The molecule has 1 unspecified atom stereocenters. The summed E-state index contributed by atoms with van der Waals surface area (Å²) < 4.78 is 0. The van der Waals surface area contributed by atoms with E-state index in [1.165, 1.54) is 4.90 Å². The van der Waals surface area contributed by atoms with E-state index in [1.54, 1.807) is 24.3 Å². The minimum atomic E-state index is -1.08. The van der Waals surface area contributed by atoms with E-state index >= 15 is 0 Å². The summed E-state index contributed by atoms with van der Waals surface area (Å²) in [6, 6.07) is 5.98. The van der Waals surface area contributed by atoms with Crippen LogP contribution in [0.3, 0.4) is 0 Å². The summed E-state index contributed by atoms with van der Waals surface area (Å²) >= 11 is 5.79. The average Bonchev–Trinajstić information content (AvgIpc) is 2.36. The smallest absolute Gasteiger partial charge is 0.323 e. The summed E-state index contributed by atoms with van der Waals surface area (Å²) in [5, 5.41) is 12.3. The van der Waals surface area contributed by atoms with Gasteiger partial charge in [-0.05, 0) is 37.1 Å². The van der Waals surface area contributed by atoms with Crippen molar-refractivity contribution in [2.75, 3.05) is 11.4 Å².